The lowest BCUT2D eigenvalue weighted by Crippen LogP contribution is -2.27. The molecular formula is C25H21Cl2N3O2. The van der Waals surface area contributed by atoms with Crippen LogP contribution in [0.3, 0.4) is 0 Å². The van der Waals surface area contributed by atoms with E-state index in [0.717, 1.165) is 53.7 Å². The summed E-state index contributed by atoms with van der Waals surface area (Å²) in [5, 5.41) is 5.27. The molecule has 0 saturated heterocycles. The van der Waals surface area contributed by atoms with E-state index in [4.69, 9.17) is 27.6 Å². The highest BCUT2D eigenvalue weighted by atomic mass is 35.5. The average molecular weight is 466 g/mol. The normalized spacial score (nSPS) is 18.6. The molecule has 32 heavy (non-hydrogen) atoms. The summed E-state index contributed by atoms with van der Waals surface area (Å²) in [6.45, 7) is 0. The fraction of sp³-hybridized carbons (Fsp3) is 0.240. The first-order valence-electron chi connectivity index (χ1n) is 10.6. The standard InChI is InChI=1S/C25H21Cl2N3O2/c26-19-8-5-15(6-9-19)22-14-32-25(29-22)17-3-1-16(2-4-17)24(31)30-23-12-7-18-13-20(27)10-11-21(18)28-23/h5-14,16-17H,1-4H2,(H,28,30,31)/t16-,17-. The number of nitrogens with zero attached hydrogens (tertiary/aromatic N) is 2. The first-order valence-corrected chi connectivity index (χ1v) is 11.4. The molecule has 5 rings (SSSR count). The van der Waals surface area contributed by atoms with Gasteiger partial charge in [-0.05, 0) is 68.1 Å². The Morgan fingerprint density at radius 1 is 0.906 bits per heavy atom. The molecule has 2 aromatic carbocycles. The van der Waals surface area contributed by atoms with Gasteiger partial charge in [-0.15, -0.1) is 0 Å². The predicted molar refractivity (Wildman–Crippen MR) is 127 cm³/mol. The van der Waals surface area contributed by atoms with Gasteiger partial charge in [-0.25, -0.2) is 9.97 Å². The van der Waals surface area contributed by atoms with Crippen molar-refractivity contribution in [2.24, 2.45) is 5.92 Å². The van der Waals surface area contributed by atoms with Gasteiger partial charge >= 0.3 is 0 Å². The van der Waals surface area contributed by atoms with E-state index < -0.39 is 0 Å². The van der Waals surface area contributed by atoms with Crippen molar-refractivity contribution in [2.45, 2.75) is 31.6 Å². The lowest BCUT2D eigenvalue weighted by molar-refractivity contribution is -0.120. The minimum absolute atomic E-state index is 0.0125. The van der Waals surface area contributed by atoms with E-state index in [9.17, 15) is 4.79 Å². The van der Waals surface area contributed by atoms with Crippen molar-refractivity contribution < 1.29 is 9.21 Å². The van der Waals surface area contributed by atoms with Gasteiger partial charge in [0, 0.05) is 32.8 Å². The van der Waals surface area contributed by atoms with E-state index in [1.54, 1.807) is 12.3 Å². The Morgan fingerprint density at radius 3 is 2.44 bits per heavy atom. The number of aromatic nitrogens is 2. The summed E-state index contributed by atoms with van der Waals surface area (Å²) in [5.41, 5.74) is 2.58. The molecule has 1 amide bonds. The SMILES string of the molecule is O=C(Nc1ccc2cc(Cl)ccc2n1)[C@H]1CC[C@H](c2nc(-c3ccc(Cl)cc3)co2)CC1. The largest absolute Gasteiger partial charge is 0.448 e. The molecule has 162 valence electrons. The molecule has 1 fully saturated rings. The topological polar surface area (TPSA) is 68.0 Å². The number of halogens is 2. The number of hydrogen-bond donors (Lipinski definition) is 1. The second-order valence-corrected chi connectivity index (χ2v) is 9.02. The van der Waals surface area contributed by atoms with Crippen LogP contribution in [0.1, 0.15) is 37.5 Å². The Labute approximate surface area is 195 Å². The van der Waals surface area contributed by atoms with Crippen LogP contribution in [0.2, 0.25) is 10.0 Å². The molecule has 0 spiro atoms. The third-order valence-electron chi connectivity index (χ3n) is 6.01. The van der Waals surface area contributed by atoms with Gasteiger partial charge in [0.1, 0.15) is 17.8 Å². The zero-order valence-corrected chi connectivity index (χ0v) is 18.7. The van der Waals surface area contributed by atoms with Gasteiger partial charge in [0.15, 0.2) is 5.89 Å². The number of hydrogen-bond acceptors (Lipinski definition) is 4. The Kier molecular flexibility index (Phi) is 5.85. The van der Waals surface area contributed by atoms with Crippen molar-refractivity contribution in [2.75, 3.05) is 5.32 Å². The van der Waals surface area contributed by atoms with Crippen molar-refractivity contribution in [1.29, 1.82) is 0 Å². The van der Waals surface area contributed by atoms with Gasteiger partial charge in [0.05, 0.1) is 5.52 Å². The Hall–Kier alpha value is -2.89. The summed E-state index contributed by atoms with van der Waals surface area (Å²) in [5.74, 6) is 1.50. The molecule has 0 atom stereocenters. The van der Waals surface area contributed by atoms with Crippen LogP contribution in [-0.2, 0) is 4.79 Å². The van der Waals surface area contributed by atoms with Crippen LogP contribution in [0.5, 0.6) is 0 Å². The lowest BCUT2D eigenvalue weighted by Gasteiger charge is -2.25. The van der Waals surface area contributed by atoms with Crippen LogP contribution in [0, 0.1) is 5.92 Å². The number of fused-ring (bicyclic) bond motifs is 1. The summed E-state index contributed by atoms with van der Waals surface area (Å²) in [4.78, 5) is 22.0. The molecule has 1 aliphatic rings. The number of oxazole rings is 1. The van der Waals surface area contributed by atoms with Gasteiger partial charge in [-0.1, -0.05) is 35.3 Å². The van der Waals surface area contributed by atoms with Gasteiger partial charge in [0.2, 0.25) is 5.91 Å². The van der Waals surface area contributed by atoms with E-state index in [2.05, 4.69) is 15.3 Å². The highest BCUT2D eigenvalue weighted by Crippen LogP contribution is 2.37. The van der Waals surface area contributed by atoms with Gasteiger partial charge in [-0.3, -0.25) is 4.79 Å². The summed E-state index contributed by atoms with van der Waals surface area (Å²) in [7, 11) is 0. The van der Waals surface area contributed by atoms with E-state index in [1.807, 2.05) is 48.5 Å². The number of amides is 1. The quantitative estimate of drug-likeness (QED) is 0.348. The van der Waals surface area contributed by atoms with Crippen molar-refractivity contribution in [3.63, 3.8) is 0 Å². The maximum absolute atomic E-state index is 12.8. The first kappa shape index (κ1) is 21.0. The smallest absolute Gasteiger partial charge is 0.228 e. The van der Waals surface area contributed by atoms with Crippen molar-refractivity contribution >= 4 is 45.8 Å². The summed E-state index contributed by atoms with van der Waals surface area (Å²) in [6.07, 6.45) is 5.00. The first-order chi connectivity index (χ1) is 15.5. The molecular weight excluding hydrogens is 445 g/mol. The molecule has 4 aromatic rings. The molecule has 0 radical (unpaired) electrons. The molecule has 2 aromatic heterocycles. The minimum atomic E-state index is -0.0420. The minimum Gasteiger partial charge on any atom is -0.448 e. The number of benzene rings is 2. The molecule has 2 heterocycles. The van der Waals surface area contributed by atoms with Crippen LogP contribution >= 0.6 is 23.2 Å². The van der Waals surface area contributed by atoms with Crippen LogP contribution in [0.25, 0.3) is 22.2 Å². The molecule has 7 heteroatoms. The second-order valence-electron chi connectivity index (χ2n) is 8.15. The van der Waals surface area contributed by atoms with Crippen LogP contribution in [-0.4, -0.2) is 15.9 Å². The van der Waals surface area contributed by atoms with E-state index in [0.29, 0.717) is 15.9 Å². The number of rotatable bonds is 4. The van der Waals surface area contributed by atoms with E-state index >= 15 is 0 Å². The summed E-state index contributed by atoms with van der Waals surface area (Å²) >= 11 is 12.0. The highest BCUT2D eigenvalue weighted by Gasteiger charge is 2.29. The highest BCUT2D eigenvalue weighted by molar-refractivity contribution is 6.31. The van der Waals surface area contributed by atoms with Crippen LogP contribution < -0.4 is 5.32 Å². The maximum atomic E-state index is 12.8. The van der Waals surface area contributed by atoms with Crippen molar-refractivity contribution in [3.05, 3.63) is 76.8 Å². The third kappa shape index (κ3) is 4.50. The van der Waals surface area contributed by atoms with Gasteiger partial charge in [0.25, 0.3) is 0 Å². The molecule has 5 nitrogen and oxygen atoms in total. The van der Waals surface area contributed by atoms with Crippen LogP contribution in [0.15, 0.2) is 65.3 Å². The molecule has 0 unspecified atom stereocenters. The molecule has 1 aliphatic carbocycles. The predicted octanol–water partition coefficient (Wildman–Crippen LogP) is 7.11. The Balaban J connectivity index is 1.20. The number of nitrogens with one attached hydrogen (secondary N) is 1. The Morgan fingerprint density at radius 2 is 1.66 bits per heavy atom. The van der Waals surface area contributed by atoms with Crippen molar-refractivity contribution in [1.82, 2.24) is 9.97 Å². The summed E-state index contributed by atoms with van der Waals surface area (Å²) < 4.78 is 5.77. The fourth-order valence-electron chi connectivity index (χ4n) is 4.23. The zero-order valence-electron chi connectivity index (χ0n) is 17.2. The second kappa shape index (κ2) is 8.93. The fourth-order valence-corrected chi connectivity index (χ4v) is 4.53. The van der Waals surface area contributed by atoms with Crippen LogP contribution in [0.4, 0.5) is 5.82 Å². The third-order valence-corrected chi connectivity index (χ3v) is 6.50. The number of anilines is 1. The van der Waals surface area contributed by atoms with Gasteiger partial charge in [-0.2, -0.15) is 0 Å². The molecule has 1 saturated carbocycles. The number of carbonyl (C=O) groups is 1. The number of pyridine rings is 1. The average Bonchev–Trinajstić information content (AvgIpc) is 3.30. The summed E-state index contributed by atoms with van der Waals surface area (Å²) in [6, 6.07) is 16.8. The molecule has 0 aliphatic heterocycles. The van der Waals surface area contributed by atoms with E-state index in [-0.39, 0.29) is 17.7 Å². The Bertz CT molecular complexity index is 1260. The molecule has 0 bridgehead atoms. The lowest BCUT2D eigenvalue weighted by atomic mass is 9.81. The maximum Gasteiger partial charge on any atom is 0.228 e. The molecule has 1 N–H and O–H groups in total. The van der Waals surface area contributed by atoms with Crippen molar-refractivity contribution in [3.8, 4) is 11.3 Å². The van der Waals surface area contributed by atoms with Gasteiger partial charge < -0.3 is 9.73 Å². The van der Waals surface area contributed by atoms with E-state index in [1.165, 1.54) is 0 Å². The zero-order chi connectivity index (χ0) is 22.1. The number of carbonyl (C=O) groups excluding carboxylic acids is 1. The monoisotopic (exact) mass is 465 g/mol.